The number of aliphatic carboxylic acids is 1. The number of carboxylic acid groups (broad SMARTS) is 1. The summed E-state index contributed by atoms with van der Waals surface area (Å²) >= 11 is 5.63. The van der Waals surface area contributed by atoms with E-state index in [1.54, 1.807) is 18.4 Å². The average molecular weight is 704 g/mol. The molecule has 1 atom stereocenters. The molecule has 11 nitrogen and oxygen atoms in total. The van der Waals surface area contributed by atoms with Crippen LogP contribution < -0.4 is 5.73 Å². The fraction of sp³-hybridized carbons (Fsp3) is 0.143. The number of nitrogens with zero attached hydrogens (tertiary/aromatic N) is 2. The van der Waals surface area contributed by atoms with E-state index in [0.717, 1.165) is 17.4 Å². The summed E-state index contributed by atoms with van der Waals surface area (Å²) in [4.78, 5) is 19.5. The van der Waals surface area contributed by atoms with E-state index in [0.29, 0.717) is 13.6 Å². The van der Waals surface area contributed by atoms with Crippen LogP contribution in [0.5, 0.6) is 0 Å². The molecule has 3 rings (SSSR count). The highest BCUT2D eigenvalue weighted by molar-refractivity contribution is 9.10. The Morgan fingerprint density at radius 3 is 2.25 bits per heavy atom. The minimum absolute atomic E-state index is 0.106. The number of thiophene rings is 1. The lowest BCUT2D eigenvalue weighted by atomic mass is 10.2. The lowest BCUT2D eigenvalue weighted by Crippen LogP contribution is -2.21. The summed E-state index contributed by atoms with van der Waals surface area (Å²) in [6.07, 6.45) is -3.36. The molecule has 4 N–H and O–H groups in total. The number of nitro benzene ring substituents is 1. The van der Waals surface area contributed by atoms with Crippen LogP contribution in [0.2, 0.25) is 0 Å². The van der Waals surface area contributed by atoms with Crippen molar-refractivity contribution in [1.82, 2.24) is 0 Å². The first-order valence-electron chi connectivity index (χ1n) is 10.2. The van der Waals surface area contributed by atoms with Gasteiger partial charge in [0.25, 0.3) is 15.7 Å². The zero-order valence-corrected chi connectivity index (χ0v) is 25.0. The molecule has 0 aliphatic heterocycles. The van der Waals surface area contributed by atoms with Crippen molar-refractivity contribution in [1.29, 1.82) is 5.41 Å². The summed E-state index contributed by atoms with van der Waals surface area (Å²) < 4.78 is 77.8. The fourth-order valence-electron chi connectivity index (χ4n) is 2.83. The molecule has 0 radical (unpaired) electrons. The normalized spacial score (nSPS) is 12.9. The number of nitrogens with one attached hydrogen (secondary N) is 1. The van der Waals surface area contributed by atoms with Crippen molar-refractivity contribution in [2.75, 3.05) is 6.26 Å². The number of hydrogen-bond donors (Lipinski definition) is 3. The van der Waals surface area contributed by atoms with Crippen LogP contribution in [0.25, 0.3) is 0 Å². The molecular formula is C21H18BrF3N4O7S4. The number of thioether (sulfide) groups is 1. The number of rotatable bonds is 7. The minimum atomic E-state index is -5.08. The van der Waals surface area contributed by atoms with Crippen LogP contribution in [-0.4, -0.2) is 46.9 Å². The first kappa shape index (κ1) is 33.2. The van der Waals surface area contributed by atoms with E-state index in [9.17, 15) is 35.9 Å². The third-order valence-corrected chi connectivity index (χ3v) is 12.1. The van der Waals surface area contributed by atoms with Crippen molar-refractivity contribution in [3.8, 4) is 0 Å². The first-order chi connectivity index (χ1) is 18.3. The van der Waals surface area contributed by atoms with Gasteiger partial charge in [-0.3, -0.25) is 15.5 Å². The van der Waals surface area contributed by atoms with E-state index in [4.69, 9.17) is 21.0 Å². The number of nitrogen functional groups attached to an aromatic ring is 1. The molecule has 0 amide bonds. The monoisotopic (exact) mass is 702 g/mol. The van der Waals surface area contributed by atoms with Gasteiger partial charge in [0.15, 0.2) is 0 Å². The van der Waals surface area contributed by atoms with E-state index >= 15 is 0 Å². The Morgan fingerprint density at radius 2 is 1.77 bits per heavy atom. The van der Waals surface area contributed by atoms with Crippen LogP contribution >= 0.6 is 39.0 Å². The van der Waals surface area contributed by atoms with Crippen LogP contribution in [0.3, 0.4) is 0 Å². The molecule has 0 aliphatic rings. The molecule has 216 valence electrons. The van der Waals surface area contributed by atoms with E-state index < -0.39 is 47.4 Å². The van der Waals surface area contributed by atoms with Gasteiger partial charge < -0.3 is 10.8 Å². The Morgan fingerprint density at radius 1 is 1.18 bits per heavy atom. The van der Waals surface area contributed by atoms with Crippen molar-refractivity contribution < 1.29 is 40.6 Å². The molecule has 0 fully saturated rings. The van der Waals surface area contributed by atoms with Crippen LogP contribution in [0.15, 0.2) is 75.7 Å². The number of halogens is 4. The number of nitrogens with two attached hydrogens (primary N) is 1. The maximum Gasteiger partial charge on any atom is 0.490 e. The molecule has 0 bridgehead atoms. The maximum absolute atomic E-state index is 14.5. The van der Waals surface area contributed by atoms with Gasteiger partial charge in [0, 0.05) is 16.6 Å². The zero-order valence-electron chi connectivity index (χ0n) is 20.1. The highest BCUT2D eigenvalue weighted by Crippen LogP contribution is 2.40. The van der Waals surface area contributed by atoms with Gasteiger partial charge in [0.2, 0.25) is 0 Å². The summed E-state index contributed by atoms with van der Waals surface area (Å²) in [7, 11) is -8.42. The standard InChI is InChI=1S/C19H17BrN4O5S4.C2HF3O2/c1-11-6-7-13(24(25)26)9-16(11)33(28,29)23-32(27,14-5-3-4-12(20)8-14)17-10-15(18(21)22)31-19(17)30-2;3-2(4,5)1(6)7/h3-10H,1-2H3,(H3,21,22);(H,6,7). The number of alkyl halides is 3. The molecule has 1 unspecified atom stereocenters. The van der Waals surface area contributed by atoms with Crippen molar-refractivity contribution in [3.63, 3.8) is 0 Å². The molecule has 2 aromatic carbocycles. The summed E-state index contributed by atoms with van der Waals surface area (Å²) in [5.74, 6) is -3.01. The van der Waals surface area contributed by atoms with Crippen molar-refractivity contribution >= 4 is 76.3 Å². The Kier molecular flexibility index (Phi) is 10.5. The fourth-order valence-corrected chi connectivity index (χ4v) is 10.2. The van der Waals surface area contributed by atoms with Crippen molar-refractivity contribution in [3.05, 3.63) is 73.6 Å². The summed E-state index contributed by atoms with van der Waals surface area (Å²) in [5, 5.41) is 26.1. The predicted octanol–water partition coefficient (Wildman–Crippen LogP) is 5.64. The van der Waals surface area contributed by atoms with Crippen molar-refractivity contribution in [2.24, 2.45) is 9.50 Å². The van der Waals surface area contributed by atoms with Gasteiger partial charge in [-0.05, 0) is 43.0 Å². The van der Waals surface area contributed by atoms with Gasteiger partial charge >= 0.3 is 12.1 Å². The van der Waals surface area contributed by atoms with E-state index in [2.05, 4.69) is 19.7 Å². The number of non-ortho nitro benzene ring substituents is 1. The molecule has 1 heterocycles. The van der Waals surface area contributed by atoms with Gasteiger partial charge in [-0.1, -0.05) is 31.8 Å². The number of aryl methyl sites for hydroxylation is 1. The molecule has 0 saturated carbocycles. The number of amidine groups is 1. The summed E-state index contributed by atoms with van der Waals surface area (Å²) in [6, 6.07) is 11.1. The lowest BCUT2D eigenvalue weighted by Gasteiger charge is -2.12. The summed E-state index contributed by atoms with van der Waals surface area (Å²) in [6.45, 7) is 1.47. The van der Waals surface area contributed by atoms with Crippen LogP contribution in [0.1, 0.15) is 10.4 Å². The second-order valence-corrected chi connectivity index (χ2v) is 14.4. The van der Waals surface area contributed by atoms with Crippen LogP contribution in [0, 0.1) is 22.4 Å². The molecule has 3 aromatic rings. The highest BCUT2D eigenvalue weighted by Gasteiger charge is 2.38. The molecular weight excluding hydrogens is 685 g/mol. The van der Waals surface area contributed by atoms with Gasteiger partial charge in [0.1, 0.15) is 15.6 Å². The Labute approximate surface area is 242 Å². The van der Waals surface area contributed by atoms with E-state index in [1.807, 2.05) is 0 Å². The largest absolute Gasteiger partial charge is 0.490 e. The second-order valence-electron chi connectivity index (χ2n) is 7.42. The third-order valence-electron chi connectivity index (χ3n) is 4.64. The smallest absolute Gasteiger partial charge is 0.475 e. The number of hydrogen-bond acceptors (Lipinski definition) is 9. The topological polar surface area (TPSA) is 194 Å². The Hall–Kier alpha value is -3.00. The lowest BCUT2D eigenvalue weighted by molar-refractivity contribution is -0.385. The molecule has 0 aliphatic carbocycles. The molecule has 1 aromatic heterocycles. The zero-order chi connectivity index (χ0) is 30.6. The van der Waals surface area contributed by atoms with E-state index in [-0.39, 0.29) is 21.2 Å². The van der Waals surface area contributed by atoms with Gasteiger partial charge in [-0.2, -0.15) is 21.6 Å². The summed E-state index contributed by atoms with van der Waals surface area (Å²) in [5.41, 5.74) is 5.41. The SMILES string of the molecule is CSc1sc(C(=N)N)cc1S(=O)(=NS(=O)(=O)c1cc([N+](=O)[O-])ccc1C)c1cccc(Br)c1.O=C(O)C(F)(F)F. The van der Waals surface area contributed by atoms with Crippen LogP contribution in [0.4, 0.5) is 18.9 Å². The average Bonchev–Trinajstić information content (AvgIpc) is 3.29. The maximum atomic E-state index is 14.5. The number of sulfonamides is 1. The Bertz CT molecular complexity index is 1720. The number of nitro groups is 1. The minimum Gasteiger partial charge on any atom is -0.475 e. The van der Waals surface area contributed by atoms with E-state index in [1.165, 1.54) is 49.0 Å². The number of carbonyl (C=O) groups is 1. The Balaban J connectivity index is 0.000000708. The second kappa shape index (κ2) is 12.7. The van der Waals surface area contributed by atoms with Gasteiger partial charge in [-0.25, -0.2) is 9.00 Å². The molecule has 0 saturated heterocycles. The predicted molar refractivity (Wildman–Crippen MR) is 147 cm³/mol. The molecule has 0 spiro atoms. The van der Waals surface area contributed by atoms with Crippen molar-refractivity contribution in [2.45, 2.75) is 32.0 Å². The third kappa shape index (κ3) is 7.80. The quantitative estimate of drug-likeness (QED) is 0.0918. The molecule has 40 heavy (non-hydrogen) atoms. The van der Waals surface area contributed by atoms with Gasteiger partial charge in [0.05, 0.1) is 28.7 Å². The molecule has 19 heteroatoms. The van der Waals surface area contributed by atoms with Crippen LogP contribution in [-0.2, 0) is 24.5 Å². The highest BCUT2D eigenvalue weighted by atomic mass is 79.9. The number of benzene rings is 2. The first-order valence-corrected chi connectivity index (χ1v) is 16.0. The number of carboxylic acids is 1. The van der Waals surface area contributed by atoms with Gasteiger partial charge in [-0.15, -0.1) is 23.1 Å².